The van der Waals surface area contributed by atoms with Crippen molar-refractivity contribution < 1.29 is 5.03 Å². The molecule has 0 atom stereocenters. The Bertz CT molecular complexity index is 336. The topological polar surface area (TPSA) is 83.7 Å². The number of aromatic nitrogens is 1. The van der Waals surface area contributed by atoms with Crippen molar-refractivity contribution in [2.75, 3.05) is 19.0 Å². The average Bonchev–Trinajstić information content (AvgIpc) is 2.65. The average molecular weight is 215 g/mol. The summed E-state index contributed by atoms with van der Waals surface area (Å²) in [6.07, 6.45) is 1.61. The van der Waals surface area contributed by atoms with Gasteiger partial charge in [0.05, 0.1) is 11.7 Å². The van der Waals surface area contributed by atoms with Crippen LogP contribution >= 0.6 is 11.3 Å². The number of anilines is 1. The first-order chi connectivity index (χ1) is 6.65. The summed E-state index contributed by atoms with van der Waals surface area (Å²) in [6, 6.07) is 0. The van der Waals surface area contributed by atoms with E-state index in [0.29, 0.717) is 0 Å². The van der Waals surface area contributed by atoms with Gasteiger partial charge in [0, 0.05) is 14.1 Å². The number of guanidine groups is 1. The minimum atomic E-state index is -0.747. The minimum Gasteiger partial charge on any atom is -0.354 e. The van der Waals surface area contributed by atoms with Crippen LogP contribution in [0.15, 0.2) is 16.8 Å². The lowest BCUT2D eigenvalue weighted by Gasteiger charge is -2.14. The first-order valence-corrected chi connectivity index (χ1v) is 4.56. The first-order valence-electron chi connectivity index (χ1n) is 3.68. The van der Waals surface area contributed by atoms with E-state index < -0.39 is 5.03 Å². The van der Waals surface area contributed by atoms with Gasteiger partial charge in [-0.05, 0) is 0 Å². The highest BCUT2D eigenvalue weighted by atomic mass is 32.1. The first kappa shape index (κ1) is 10.4. The van der Waals surface area contributed by atoms with Crippen molar-refractivity contribution in [2.24, 2.45) is 5.10 Å². The van der Waals surface area contributed by atoms with Crippen molar-refractivity contribution in [2.45, 2.75) is 0 Å². The molecule has 0 amide bonds. The van der Waals surface area contributed by atoms with Gasteiger partial charge in [0.2, 0.25) is 0 Å². The zero-order chi connectivity index (χ0) is 10.6. The van der Waals surface area contributed by atoms with E-state index in [4.69, 9.17) is 0 Å². The van der Waals surface area contributed by atoms with E-state index in [0.717, 1.165) is 5.00 Å². The predicted octanol–water partition coefficient (Wildman–Crippen LogP) is 0.346. The van der Waals surface area contributed by atoms with Gasteiger partial charge in [-0.25, -0.2) is 10.1 Å². The highest BCUT2D eigenvalue weighted by Gasteiger charge is 2.12. The number of hydrogen-bond acceptors (Lipinski definition) is 4. The van der Waals surface area contributed by atoms with Crippen LogP contribution in [0.5, 0.6) is 0 Å². The summed E-state index contributed by atoms with van der Waals surface area (Å²) in [5.74, 6) is 0.166. The lowest BCUT2D eigenvalue weighted by Crippen LogP contribution is -2.37. The van der Waals surface area contributed by atoms with Crippen LogP contribution in [0.2, 0.25) is 0 Å². The quantitative estimate of drug-likeness (QED) is 0.333. The normalized spacial score (nSPS) is 11.1. The third-order valence-corrected chi connectivity index (χ3v) is 2.32. The SMILES string of the molecule is CNC(=N[N+](=O)[O-])N(C)c1cncs1. The fraction of sp³-hybridized carbons (Fsp3) is 0.333. The van der Waals surface area contributed by atoms with E-state index in [2.05, 4.69) is 15.4 Å². The molecule has 0 aliphatic carbocycles. The highest BCUT2D eigenvalue weighted by Crippen LogP contribution is 2.17. The molecule has 1 N–H and O–H groups in total. The van der Waals surface area contributed by atoms with Gasteiger partial charge in [-0.3, -0.25) is 4.98 Å². The molecule has 0 saturated heterocycles. The third-order valence-electron chi connectivity index (χ3n) is 1.47. The van der Waals surface area contributed by atoms with Gasteiger partial charge in [-0.2, -0.15) is 0 Å². The maximum atomic E-state index is 10.2. The molecular formula is C6H9N5O2S. The molecule has 76 valence electrons. The maximum absolute atomic E-state index is 10.2. The zero-order valence-electron chi connectivity index (χ0n) is 7.67. The summed E-state index contributed by atoms with van der Waals surface area (Å²) in [6.45, 7) is 0. The summed E-state index contributed by atoms with van der Waals surface area (Å²) < 4.78 is 0. The number of nitro groups is 1. The molecule has 1 rings (SSSR count). The standard InChI is InChI=1S/C6H9N5O2S/c1-7-6(9-11(12)13)10(2)5-3-8-4-14-5/h3-4H,1-2H3,(H,7,9). The minimum absolute atomic E-state index is 0.166. The zero-order valence-corrected chi connectivity index (χ0v) is 8.48. The molecule has 7 nitrogen and oxygen atoms in total. The van der Waals surface area contributed by atoms with E-state index in [1.807, 2.05) is 0 Å². The molecule has 0 aliphatic rings. The second-order valence-corrected chi connectivity index (χ2v) is 3.17. The fourth-order valence-electron chi connectivity index (χ4n) is 0.841. The van der Waals surface area contributed by atoms with Crippen LogP contribution in [-0.4, -0.2) is 30.1 Å². The summed E-state index contributed by atoms with van der Waals surface area (Å²) in [5, 5.41) is 16.0. The third kappa shape index (κ3) is 2.39. The van der Waals surface area contributed by atoms with Crippen LogP contribution in [-0.2, 0) is 0 Å². The highest BCUT2D eigenvalue weighted by molar-refractivity contribution is 7.14. The number of nitrogens with one attached hydrogen (secondary N) is 1. The lowest BCUT2D eigenvalue weighted by atomic mass is 10.7. The lowest BCUT2D eigenvalue weighted by molar-refractivity contribution is -0.485. The Balaban J connectivity index is 2.86. The molecule has 0 bridgehead atoms. The Kier molecular flexibility index (Phi) is 3.35. The number of rotatable bonds is 2. The number of hydrogen-bond donors (Lipinski definition) is 1. The molecule has 0 fully saturated rings. The Morgan fingerprint density at radius 1 is 1.86 bits per heavy atom. The summed E-state index contributed by atoms with van der Waals surface area (Å²) >= 11 is 1.37. The van der Waals surface area contributed by atoms with Crippen LogP contribution in [0.25, 0.3) is 0 Å². The fourth-order valence-corrected chi connectivity index (χ4v) is 1.44. The predicted molar refractivity (Wildman–Crippen MR) is 54.0 cm³/mol. The van der Waals surface area contributed by atoms with Crippen molar-refractivity contribution in [3.05, 3.63) is 21.8 Å². The Hall–Kier alpha value is -1.70. The van der Waals surface area contributed by atoms with E-state index in [1.54, 1.807) is 30.7 Å². The van der Waals surface area contributed by atoms with Gasteiger partial charge in [0.15, 0.2) is 5.03 Å². The summed E-state index contributed by atoms with van der Waals surface area (Å²) in [7, 11) is 3.24. The summed E-state index contributed by atoms with van der Waals surface area (Å²) in [5.41, 5.74) is 1.64. The van der Waals surface area contributed by atoms with Crippen molar-refractivity contribution in [1.29, 1.82) is 0 Å². The van der Waals surface area contributed by atoms with Crippen LogP contribution in [0, 0.1) is 10.1 Å². The number of hydrazone groups is 1. The molecule has 1 heterocycles. The maximum Gasteiger partial charge on any atom is 0.275 e. The molecule has 1 aromatic rings. The van der Waals surface area contributed by atoms with Crippen molar-refractivity contribution >= 4 is 22.3 Å². The number of nitrogens with zero attached hydrogens (tertiary/aromatic N) is 4. The van der Waals surface area contributed by atoms with E-state index in [-0.39, 0.29) is 5.96 Å². The molecular weight excluding hydrogens is 206 g/mol. The van der Waals surface area contributed by atoms with Gasteiger partial charge in [0.25, 0.3) is 5.96 Å². The van der Waals surface area contributed by atoms with Crippen molar-refractivity contribution in [1.82, 2.24) is 10.3 Å². The van der Waals surface area contributed by atoms with E-state index in [1.165, 1.54) is 11.3 Å². The molecule has 0 aliphatic heterocycles. The molecule has 0 radical (unpaired) electrons. The van der Waals surface area contributed by atoms with Crippen LogP contribution in [0.4, 0.5) is 5.00 Å². The monoisotopic (exact) mass is 215 g/mol. The molecule has 1 aromatic heterocycles. The number of thiazole rings is 1. The molecule has 8 heteroatoms. The Morgan fingerprint density at radius 3 is 3.00 bits per heavy atom. The molecule has 0 saturated carbocycles. The smallest absolute Gasteiger partial charge is 0.275 e. The summed E-state index contributed by atoms with van der Waals surface area (Å²) in [4.78, 5) is 15.6. The van der Waals surface area contributed by atoms with Crippen molar-refractivity contribution in [3.8, 4) is 0 Å². The van der Waals surface area contributed by atoms with Crippen LogP contribution < -0.4 is 10.2 Å². The van der Waals surface area contributed by atoms with Crippen LogP contribution in [0.1, 0.15) is 0 Å². The van der Waals surface area contributed by atoms with Crippen LogP contribution in [0.3, 0.4) is 0 Å². The van der Waals surface area contributed by atoms with Crippen molar-refractivity contribution in [3.63, 3.8) is 0 Å². The Labute approximate surface area is 84.2 Å². The molecule has 0 aromatic carbocycles. The molecule has 0 spiro atoms. The molecule has 0 unspecified atom stereocenters. The van der Waals surface area contributed by atoms with Gasteiger partial charge in [0.1, 0.15) is 10.1 Å². The molecule has 14 heavy (non-hydrogen) atoms. The van der Waals surface area contributed by atoms with Gasteiger partial charge < -0.3 is 10.2 Å². The second kappa shape index (κ2) is 4.51. The van der Waals surface area contributed by atoms with Gasteiger partial charge >= 0.3 is 0 Å². The second-order valence-electron chi connectivity index (χ2n) is 2.31. The van der Waals surface area contributed by atoms with E-state index in [9.17, 15) is 10.1 Å². The van der Waals surface area contributed by atoms with Gasteiger partial charge in [-0.1, -0.05) is 0 Å². The Morgan fingerprint density at radius 2 is 2.57 bits per heavy atom. The largest absolute Gasteiger partial charge is 0.354 e. The van der Waals surface area contributed by atoms with E-state index >= 15 is 0 Å². The van der Waals surface area contributed by atoms with Gasteiger partial charge in [-0.15, -0.1) is 11.3 Å².